The first-order valence-electron chi connectivity index (χ1n) is 8.84. The van der Waals surface area contributed by atoms with E-state index in [1.54, 1.807) is 36.4 Å². The fraction of sp³-hybridized carbons (Fsp3) is 0.250. The van der Waals surface area contributed by atoms with Crippen LogP contribution in [0.15, 0.2) is 41.2 Å². The molecule has 0 spiro atoms. The molecule has 28 heavy (non-hydrogen) atoms. The Balaban J connectivity index is 2.16. The second kappa shape index (κ2) is 8.26. The molecule has 3 aromatic rings. The van der Waals surface area contributed by atoms with Crippen LogP contribution in [0.4, 0.5) is 0 Å². The van der Waals surface area contributed by atoms with Crippen molar-refractivity contribution in [3.63, 3.8) is 0 Å². The SMILES string of the molecule is CCOc1cc2[nH]c(=S)n(-c3ccc(CC(=O)O)cc3)c(=O)c2cc1OCC. The third-order valence-corrected chi connectivity index (χ3v) is 4.40. The largest absolute Gasteiger partial charge is 0.490 e. The smallest absolute Gasteiger partial charge is 0.307 e. The number of hydrogen-bond acceptors (Lipinski definition) is 5. The van der Waals surface area contributed by atoms with Crippen molar-refractivity contribution in [2.75, 3.05) is 13.2 Å². The standard InChI is InChI=1S/C20H20N2O5S/c1-3-26-16-10-14-15(11-17(16)27-4-2)21-20(28)22(19(14)25)13-7-5-12(6-8-13)9-18(23)24/h5-8,10-11H,3-4,9H2,1-2H3,(H,21,28)(H,23,24). The molecule has 0 amide bonds. The molecule has 7 nitrogen and oxygen atoms in total. The number of benzene rings is 2. The van der Waals surface area contributed by atoms with Gasteiger partial charge in [0.25, 0.3) is 5.56 Å². The van der Waals surface area contributed by atoms with Gasteiger partial charge >= 0.3 is 5.97 Å². The third-order valence-electron chi connectivity index (χ3n) is 4.11. The lowest BCUT2D eigenvalue weighted by Crippen LogP contribution is -2.20. The Labute approximate surface area is 166 Å². The van der Waals surface area contributed by atoms with E-state index in [0.717, 1.165) is 0 Å². The number of ether oxygens (including phenoxy) is 2. The average Bonchev–Trinajstić information content (AvgIpc) is 2.64. The topological polar surface area (TPSA) is 93.5 Å². The van der Waals surface area contributed by atoms with E-state index in [1.807, 2.05) is 13.8 Å². The molecule has 0 bridgehead atoms. The summed E-state index contributed by atoms with van der Waals surface area (Å²) in [7, 11) is 0. The number of carboxylic acids is 1. The summed E-state index contributed by atoms with van der Waals surface area (Å²) >= 11 is 5.38. The molecule has 0 aliphatic carbocycles. The van der Waals surface area contributed by atoms with Gasteiger partial charge in [-0.05, 0) is 49.8 Å². The highest BCUT2D eigenvalue weighted by Crippen LogP contribution is 2.31. The molecule has 0 unspecified atom stereocenters. The van der Waals surface area contributed by atoms with Gasteiger partial charge in [0, 0.05) is 6.07 Å². The monoisotopic (exact) mass is 400 g/mol. The summed E-state index contributed by atoms with van der Waals surface area (Å²) in [6, 6.07) is 10.0. The summed E-state index contributed by atoms with van der Waals surface area (Å²) in [5.74, 6) is 0.113. The Morgan fingerprint density at radius 3 is 2.29 bits per heavy atom. The van der Waals surface area contributed by atoms with Gasteiger partial charge in [-0.3, -0.25) is 14.2 Å². The second-order valence-electron chi connectivity index (χ2n) is 6.02. The number of hydrogen-bond donors (Lipinski definition) is 2. The van der Waals surface area contributed by atoms with Crippen LogP contribution in [0.5, 0.6) is 11.5 Å². The van der Waals surface area contributed by atoms with Crippen LogP contribution in [0, 0.1) is 4.77 Å². The Bertz CT molecular complexity index is 1130. The number of aromatic nitrogens is 2. The lowest BCUT2D eigenvalue weighted by molar-refractivity contribution is -0.136. The van der Waals surface area contributed by atoms with E-state index in [-0.39, 0.29) is 16.8 Å². The number of carboxylic acid groups (broad SMARTS) is 1. The maximum Gasteiger partial charge on any atom is 0.307 e. The summed E-state index contributed by atoms with van der Waals surface area (Å²) in [5, 5.41) is 9.30. The van der Waals surface area contributed by atoms with Gasteiger partial charge in [-0.2, -0.15) is 0 Å². The Hall–Kier alpha value is -3.13. The highest BCUT2D eigenvalue weighted by Gasteiger charge is 2.13. The van der Waals surface area contributed by atoms with E-state index < -0.39 is 5.97 Å². The number of nitrogens with one attached hydrogen (secondary N) is 1. The number of fused-ring (bicyclic) bond motifs is 1. The minimum atomic E-state index is -0.915. The molecule has 0 saturated carbocycles. The predicted octanol–water partition coefficient (Wildman–Crippen LogP) is 3.47. The van der Waals surface area contributed by atoms with Crippen LogP contribution >= 0.6 is 12.2 Å². The van der Waals surface area contributed by atoms with Crippen molar-refractivity contribution < 1.29 is 19.4 Å². The van der Waals surface area contributed by atoms with Gasteiger partial charge in [0.1, 0.15) is 0 Å². The van der Waals surface area contributed by atoms with Crippen LogP contribution in [-0.4, -0.2) is 33.8 Å². The minimum absolute atomic E-state index is 0.0856. The first-order valence-corrected chi connectivity index (χ1v) is 9.25. The van der Waals surface area contributed by atoms with E-state index >= 15 is 0 Å². The highest BCUT2D eigenvalue weighted by molar-refractivity contribution is 7.71. The van der Waals surface area contributed by atoms with E-state index in [9.17, 15) is 9.59 Å². The number of carbonyl (C=O) groups is 1. The van der Waals surface area contributed by atoms with Crippen LogP contribution in [-0.2, 0) is 11.2 Å². The maximum absolute atomic E-state index is 13.1. The molecule has 0 fully saturated rings. The van der Waals surface area contributed by atoms with Gasteiger partial charge in [0.15, 0.2) is 16.3 Å². The van der Waals surface area contributed by atoms with Crippen molar-refractivity contribution in [1.29, 1.82) is 0 Å². The fourth-order valence-corrected chi connectivity index (χ4v) is 3.23. The van der Waals surface area contributed by atoms with Gasteiger partial charge in [-0.15, -0.1) is 0 Å². The molecule has 3 rings (SSSR count). The van der Waals surface area contributed by atoms with E-state index in [2.05, 4.69) is 4.98 Å². The molecule has 0 saturated heterocycles. The Morgan fingerprint density at radius 1 is 1.11 bits per heavy atom. The van der Waals surface area contributed by atoms with Crippen molar-refractivity contribution in [3.8, 4) is 17.2 Å². The Kier molecular flexibility index (Phi) is 5.79. The van der Waals surface area contributed by atoms with Gasteiger partial charge in [-0.25, -0.2) is 0 Å². The van der Waals surface area contributed by atoms with Gasteiger partial charge in [0.2, 0.25) is 0 Å². The minimum Gasteiger partial charge on any atom is -0.490 e. The molecule has 0 atom stereocenters. The lowest BCUT2D eigenvalue weighted by atomic mass is 10.1. The number of aromatic amines is 1. The molecule has 8 heteroatoms. The van der Waals surface area contributed by atoms with Gasteiger partial charge in [-0.1, -0.05) is 12.1 Å². The number of H-pyrrole nitrogens is 1. The van der Waals surface area contributed by atoms with Crippen molar-refractivity contribution in [2.24, 2.45) is 0 Å². The van der Waals surface area contributed by atoms with Crippen molar-refractivity contribution in [3.05, 3.63) is 57.1 Å². The number of rotatable bonds is 7. The summed E-state index contributed by atoms with van der Waals surface area (Å²) in [6.07, 6.45) is -0.0856. The number of nitrogens with zero attached hydrogens (tertiary/aromatic N) is 1. The molecule has 0 aliphatic heterocycles. The quantitative estimate of drug-likeness (QED) is 0.590. The summed E-state index contributed by atoms with van der Waals surface area (Å²) < 4.78 is 12.8. The first-order chi connectivity index (χ1) is 13.4. The van der Waals surface area contributed by atoms with E-state index in [1.165, 1.54) is 4.57 Å². The Morgan fingerprint density at radius 2 is 1.71 bits per heavy atom. The van der Waals surface area contributed by atoms with E-state index in [4.69, 9.17) is 26.8 Å². The van der Waals surface area contributed by atoms with Crippen LogP contribution in [0.3, 0.4) is 0 Å². The van der Waals surface area contributed by atoms with Gasteiger partial charge in [0.05, 0.1) is 36.2 Å². The maximum atomic E-state index is 13.1. The zero-order valence-electron chi connectivity index (χ0n) is 15.5. The molecule has 0 radical (unpaired) electrons. The van der Waals surface area contributed by atoms with Crippen molar-refractivity contribution >= 4 is 29.1 Å². The summed E-state index contributed by atoms with van der Waals surface area (Å²) in [6.45, 7) is 4.63. The summed E-state index contributed by atoms with van der Waals surface area (Å²) in [4.78, 5) is 27.0. The average molecular weight is 400 g/mol. The normalized spacial score (nSPS) is 10.8. The molecule has 1 heterocycles. The molecule has 1 aromatic heterocycles. The fourth-order valence-electron chi connectivity index (χ4n) is 2.93. The number of aliphatic carboxylic acids is 1. The van der Waals surface area contributed by atoms with Crippen molar-refractivity contribution in [1.82, 2.24) is 9.55 Å². The van der Waals surface area contributed by atoms with Crippen LogP contribution < -0.4 is 15.0 Å². The molecule has 2 aromatic carbocycles. The molecule has 0 aliphatic rings. The van der Waals surface area contributed by atoms with Crippen molar-refractivity contribution in [2.45, 2.75) is 20.3 Å². The first kappa shape index (κ1) is 19.6. The van der Waals surface area contributed by atoms with Crippen LogP contribution in [0.25, 0.3) is 16.6 Å². The van der Waals surface area contributed by atoms with E-state index in [0.29, 0.717) is 46.9 Å². The predicted molar refractivity (Wildman–Crippen MR) is 108 cm³/mol. The second-order valence-corrected chi connectivity index (χ2v) is 6.40. The zero-order chi connectivity index (χ0) is 20.3. The molecular weight excluding hydrogens is 380 g/mol. The summed E-state index contributed by atoms with van der Waals surface area (Å²) in [5.41, 5.74) is 1.45. The van der Waals surface area contributed by atoms with Crippen LogP contribution in [0.2, 0.25) is 0 Å². The molecular formula is C20H20N2O5S. The molecule has 146 valence electrons. The highest BCUT2D eigenvalue weighted by atomic mass is 32.1. The molecule has 2 N–H and O–H groups in total. The third kappa shape index (κ3) is 3.91. The van der Waals surface area contributed by atoms with Crippen LogP contribution in [0.1, 0.15) is 19.4 Å². The zero-order valence-corrected chi connectivity index (χ0v) is 16.3. The lowest BCUT2D eigenvalue weighted by Gasteiger charge is -2.13. The van der Waals surface area contributed by atoms with Gasteiger partial charge < -0.3 is 19.6 Å².